The van der Waals surface area contributed by atoms with Gasteiger partial charge >= 0.3 is 6.13 Å². The summed E-state index contributed by atoms with van der Waals surface area (Å²) in [6.45, 7) is 0. The van der Waals surface area contributed by atoms with Gasteiger partial charge in [-0.3, -0.25) is 0 Å². The Morgan fingerprint density at radius 2 is 2.20 bits per heavy atom. The van der Waals surface area contributed by atoms with Gasteiger partial charge in [-0.15, -0.1) is 0 Å². The van der Waals surface area contributed by atoms with Crippen molar-refractivity contribution in [2.24, 2.45) is 0 Å². The van der Waals surface area contributed by atoms with Crippen molar-refractivity contribution in [1.29, 1.82) is 0 Å². The topological polar surface area (TPSA) is 9.23 Å². The fourth-order valence-electron chi connectivity index (χ4n) is 0. The Morgan fingerprint density at radius 3 is 2.20 bits per heavy atom. The summed E-state index contributed by atoms with van der Waals surface area (Å²) in [4.78, 5) is 0. The minimum absolute atomic E-state index is 0.820. The van der Waals surface area contributed by atoms with Crippen LogP contribution in [-0.2, 0) is 16.3 Å². The third-order valence-corrected chi connectivity index (χ3v) is 1.41. The molecule has 0 amide bonds. The van der Waals surface area contributed by atoms with Gasteiger partial charge in [0, 0.05) is 0 Å². The maximum atomic E-state index is 4.49. The van der Waals surface area contributed by atoms with Crippen LogP contribution in [-0.4, -0.2) is 7.11 Å². The predicted octanol–water partition coefficient (Wildman–Crippen LogP) is 1.34. The highest BCUT2D eigenvalue weighted by molar-refractivity contribution is 8.54. The van der Waals surface area contributed by atoms with Crippen molar-refractivity contribution in [3.05, 3.63) is 0 Å². The fourth-order valence-corrected chi connectivity index (χ4v) is 0. The highest BCUT2D eigenvalue weighted by atomic mass is 32.9. The van der Waals surface area contributed by atoms with E-state index in [0.29, 0.717) is 0 Å². The summed E-state index contributed by atoms with van der Waals surface area (Å²) in [6.07, 6.45) is -0.820. The smallest absolute Gasteiger partial charge is 0.162 e. The molecule has 0 saturated heterocycles. The molecule has 1 unspecified atom stereocenters. The van der Waals surface area contributed by atoms with Crippen LogP contribution in [0.2, 0.25) is 0 Å². The minimum Gasteiger partial charge on any atom is -0.162 e. The molecular formula is CH4OPS2+. The van der Waals surface area contributed by atoms with E-state index in [1.807, 2.05) is 0 Å². The molecule has 0 N–H and O–H groups in total. The normalized spacial score (nSPS) is 11.2. The van der Waals surface area contributed by atoms with Crippen LogP contribution in [0, 0.1) is 0 Å². The van der Waals surface area contributed by atoms with Crippen molar-refractivity contribution >= 4 is 30.2 Å². The second kappa shape index (κ2) is 3.04. The molecule has 0 fully saturated rings. The lowest BCUT2D eigenvalue weighted by molar-refractivity contribution is 0.484. The third kappa shape index (κ3) is 4.83. The molecule has 0 bridgehead atoms. The summed E-state index contributed by atoms with van der Waals surface area (Å²) >= 11 is 8.24. The third-order valence-electron chi connectivity index (χ3n) is 0.156. The van der Waals surface area contributed by atoms with Gasteiger partial charge in [0.1, 0.15) is 12.2 Å². The second-order valence-electron chi connectivity index (χ2n) is 0.420. The molecule has 0 aromatic carbocycles. The molecule has 0 spiro atoms. The Labute approximate surface area is 42.4 Å². The average Bonchev–Trinajstić information content (AvgIpc) is 1.38. The van der Waals surface area contributed by atoms with Crippen molar-refractivity contribution in [1.82, 2.24) is 0 Å². The highest BCUT2D eigenvalue weighted by Gasteiger charge is 1.92. The van der Waals surface area contributed by atoms with Crippen molar-refractivity contribution in [3.8, 4) is 0 Å². The van der Waals surface area contributed by atoms with Crippen molar-refractivity contribution in [3.63, 3.8) is 0 Å². The highest BCUT2D eigenvalue weighted by Crippen LogP contribution is 2.24. The van der Waals surface area contributed by atoms with Crippen LogP contribution in [0.25, 0.3) is 0 Å². The van der Waals surface area contributed by atoms with E-state index in [1.54, 1.807) is 7.11 Å². The van der Waals surface area contributed by atoms with Gasteiger partial charge in [0.05, 0.1) is 7.11 Å². The van der Waals surface area contributed by atoms with Crippen LogP contribution in [0.5, 0.6) is 0 Å². The Kier molecular flexibility index (Phi) is 3.54. The van der Waals surface area contributed by atoms with Crippen molar-refractivity contribution < 1.29 is 4.52 Å². The van der Waals surface area contributed by atoms with E-state index in [2.05, 4.69) is 28.6 Å². The first-order valence-electron chi connectivity index (χ1n) is 0.973. The lowest BCUT2D eigenvalue weighted by Gasteiger charge is -1.61. The molecule has 5 heavy (non-hydrogen) atoms. The Balaban J connectivity index is 2.85. The number of hydrogen-bond acceptors (Lipinski definition) is 2. The molecule has 0 aromatic rings. The maximum Gasteiger partial charge on any atom is 0.410 e. The van der Waals surface area contributed by atoms with Crippen molar-refractivity contribution in [2.45, 2.75) is 0 Å². The van der Waals surface area contributed by atoms with Crippen LogP contribution in [0.4, 0.5) is 0 Å². The summed E-state index contributed by atoms with van der Waals surface area (Å²) in [5.41, 5.74) is 0. The minimum atomic E-state index is -0.820. The van der Waals surface area contributed by atoms with E-state index < -0.39 is 6.13 Å². The number of rotatable bonds is 1. The first kappa shape index (κ1) is 5.83. The lowest BCUT2D eigenvalue weighted by atomic mass is 11.8. The van der Waals surface area contributed by atoms with Gasteiger partial charge < -0.3 is 0 Å². The predicted molar refractivity (Wildman–Crippen MR) is 30.3 cm³/mol. The molecule has 0 aliphatic carbocycles. The van der Waals surface area contributed by atoms with E-state index in [-0.39, 0.29) is 0 Å². The maximum absolute atomic E-state index is 4.49. The quantitative estimate of drug-likeness (QED) is 0.420. The molecule has 1 nitrogen and oxygen atoms in total. The summed E-state index contributed by atoms with van der Waals surface area (Å²) < 4.78 is 4.49. The number of hydrogen-bond donors (Lipinski definition) is 1. The van der Waals surface area contributed by atoms with Crippen LogP contribution in [0.3, 0.4) is 0 Å². The fraction of sp³-hybridized carbons (Fsp3) is 1.00. The van der Waals surface area contributed by atoms with E-state index in [4.69, 9.17) is 0 Å². The van der Waals surface area contributed by atoms with Gasteiger partial charge in [-0.25, -0.2) is 0 Å². The van der Waals surface area contributed by atoms with Crippen LogP contribution in [0.15, 0.2) is 0 Å². The number of thiol groups is 1. The van der Waals surface area contributed by atoms with E-state index in [0.717, 1.165) is 0 Å². The van der Waals surface area contributed by atoms with Gasteiger partial charge in [0.2, 0.25) is 11.8 Å². The molecule has 0 aromatic heterocycles. The van der Waals surface area contributed by atoms with Gasteiger partial charge in [0.25, 0.3) is 0 Å². The largest absolute Gasteiger partial charge is 0.410 e. The van der Waals surface area contributed by atoms with Crippen molar-refractivity contribution in [2.75, 3.05) is 7.11 Å². The molecule has 0 heterocycles. The van der Waals surface area contributed by atoms with E-state index in [1.165, 1.54) is 0 Å². The summed E-state index contributed by atoms with van der Waals surface area (Å²) in [5.74, 6) is 0. The van der Waals surface area contributed by atoms with Gasteiger partial charge in [-0.1, -0.05) is 0 Å². The molecule has 0 rings (SSSR count). The molecule has 0 saturated carbocycles. The lowest BCUT2D eigenvalue weighted by Crippen LogP contribution is -1.49. The molecule has 30 valence electrons. The zero-order valence-electron chi connectivity index (χ0n) is 2.71. The van der Waals surface area contributed by atoms with Gasteiger partial charge in [-0.05, 0) is 0 Å². The zero-order chi connectivity index (χ0) is 4.28. The molecule has 1 atom stereocenters. The van der Waals surface area contributed by atoms with E-state index in [9.17, 15) is 0 Å². The second-order valence-corrected chi connectivity index (χ2v) is 4.16. The van der Waals surface area contributed by atoms with E-state index >= 15 is 0 Å². The monoisotopic (exact) mass is 127 g/mol. The summed E-state index contributed by atoms with van der Waals surface area (Å²) in [6, 6.07) is 0. The average molecular weight is 127 g/mol. The first-order chi connectivity index (χ1) is 2.27. The molecule has 4 heteroatoms. The van der Waals surface area contributed by atoms with Crippen LogP contribution in [0.1, 0.15) is 0 Å². The Bertz CT molecular complexity index is 44.9. The summed E-state index contributed by atoms with van der Waals surface area (Å²) in [7, 11) is 1.55. The standard InChI is InChI=1S/CH3OPS2/c1-2-3(4)5/h1H3/p+1. The van der Waals surface area contributed by atoms with Gasteiger partial charge in [-0.2, -0.15) is 4.52 Å². The molecule has 0 aliphatic heterocycles. The van der Waals surface area contributed by atoms with Gasteiger partial charge in [0.15, 0.2) is 0 Å². The molecular weight excluding hydrogens is 123 g/mol. The van der Waals surface area contributed by atoms with Crippen LogP contribution < -0.4 is 0 Å². The first-order valence-corrected chi connectivity index (χ1v) is 4.40. The SMILES string of the molecule is CO[P+](=S)S. The summed E-state index contributed by atoms with van der Waals surface area (Å²) in [5, 5.41) is 0. The molecule has 0 radical (unpaired) electrons. The Hall–Kier alpha value is 0.830. The van der Waals surface area contributed by atoms with Crippen LogP contribution >= 0.6 is 18.4 Å². The zero-order valence-corrected chi connectivity index (χ0v) is 5.32. The molecule has 0 aliphatic rings. The Morgan fingerprint density at radius 1 is 2.00 bits per heavy atom.